The Kier molecular flexibility index (Phi) is 7.59. The fourth-order valence-corrected chi connectivity index (χ4v) is 2.78. The van der Waals surface area contributed by atoms with Gasteiger partial charge in [0.2, 0.25) is 11.8 Å². The Balaban J connectivity index is 1.90. The third kappa shape index (κ3) is 6.49. The normalized spacial score (nSPS) is 10.5. The maximum Gasteiger partial charge on any atom is 0.303 e. The van der Waals surface area contributed by atoms with Crippen LogP contribution in [0.5, 0.6) is 0 Å². The zero-order valence-electron chi connectivity index (χ0n) is 14.6. The van der Waals surface area contributed by atoms with Gasteiger partial charge in [0, 0.05) is 23.1 Å². The molecule has 0 radical (unpaired) electrons. The van der Waals surface area contributed by atoms with E-state index in [9.17, 15) is 31.9 Å². The lowest BCUT2D eigenvalue weighted by Crippen LogP contribution is -2.17. The molecule has 0 saturated carbocycles. The third-order valence-electron chi connectivity index (χ3n) is 3.45. The number of thioether (sulfide) groups is 1. The van der Waals surface area contributed by atoms with Crippen molar-refractivity contribution in [1.82, 2.24) is 0 Å². The molecular weight excluding hydrogens is 416 g/mol. The van der Waals surface area contributed by atoms with Crippen LogP contribution in [0.4, 0.5) is 28.9 Å². The van der Waals surface area contributed by atoms with Crippen molar-refractivity contribution in [3.8, 4) is 0 Å². The summed E-state index contributed by atoms with van der Waals surface area (Å²) in [6.45, 7) is 0. The summed E-state index contributed by atoms with van der Waals surface area (Å²) in [5.74, 6) is -9.43. The number of hydrogen-bond donors (Lipinski definition) is 3. The molecular formula is C18H14F4N2O4S. The van der Waals surface area contributed by atoms with Gasteiger partial charge in [-0.15, -0.1) is 11.8 Å². The van der Waals surface area contributed by atoms with Gasteiger partial charge in [-0.05, 0) is 24.3 Å². The van der Waals surface area contributed by atoms with E-state index < -0.39 is 46.7 Å². The standard InChI is InChI=1S/C18H14F4N2O4S/c19-11-7-12(20)17(22)18(16(11)21)24-14(26)8-29-10-3-1-9(2-4-10)23-13(25)5-6-15(27)28/h1-4,7H,5-6,8H2,(H,23,25)(H,24,26)(H,27,28). The third-order valence-corrected chi connectivity index (χ3v) is 4.46. The van der Waals surface area contributed by atoms with Gasteiger partial charge in [-0.1, -0.05) is 0 Å². The Morgan fingerprint density at radius 2 is 1.45 bits per heavy atom. The maximum absolute atomic E-state index is 13.5. The molecule has 0 heterocycles. The van der Waals surface area contributed by atoms with Gasteiger partial charge in [0.15, 0.2) is 23.3 Å². The van der Waals surface area contributed by atoms with Crippen molar-refractivity contribution < 1.29 is 37.1 Å². The lowest BCUT2D eigenvalue weighted by Gasteiger charge is -2.09. The number of carboxylic acids is 1. The van der Waals surface area contributed by atoms with Gasteiger partial charge in [0.05, 0.1) is 12.2 Å². The Bertz CT molecular complexity index is 912. The number of carboxylic acid groups (broad SMARTS) is 1. The van der Waals surface area contributed by atoms with E-state index in [0.717, 1.165) is 11.8 Å². The second-order valence-electron chi connectivity index (χ2n) is 5.65. The fourth-order valence-electron chi connectivity index (χ4n) is 2.09. The molecule has 0 unspecified atom stereocenters. The summed E-state index contributed by atoms with van der Waals surface area (Å²) in [4.78, 5) is 34.4. The van der Waals surface area contributed by atoms with Crippen molar-refractivity contribution in [1.29, 1.82) is 0 Å². The highest BCUT2D eigenvalue weighted by Crippen LogP contribution is 2.25. The van der Waals surface area contributed by atoms with Crippen LogP contribution in [0.3, 0.4) is 0 Å². The Labute approximate surface area is 166 Å². The summed E-state index contributed by atoms with van der Waals surface area (Å²) in [5.41, 5.74) is -0.791. The molecule has 3 N–H and O–H groups in total. The van der Waals surface area contributed by atoms with Gasteiger partial charge in [0.25, 0.3) is 0 Å². The van der Waals surface area contributed by atoms with Crippen molar-refractivity contribution in [2.75, 3.05) is 16.4 Å². The van der Waals surface area contributed by atoms with Crippen LogP contribution in [0.1, 0.15) is 12.8 Å². The van der Waals surface area contributed by atoms with Crippen LogP contribution >= 0.6 is 11.8 Å². The number of nitrogens with one attached hydrogen (secondary N) is 2. The average Bonchev–Trinajstić information content (AvgIpc) is 2.67. The first kappa shape index (κ1) is 22.2. The second-order valence-corrected chi connectivity index (χ2v) is 6.70. The van der Waals surface area contributed by atoms with Crippen LogP contribution in [-0.4, -0.2) is 28.6 Å². The number of amides is 2. The predicted octanol–water partition coefficient (Wildman–Crippen LogP) is 3.78. The number of hydrogen-bond acceptors (Lipinski definition) is 4. The highest BCUT2D eigenvalue weighted by molar-refractivity contribution is 8.00. The van der Waals surface area contributed by atoms with E-state index in [1.165, 1.54) is 12.1 Å². The summed E-state index contributed by atoms with van der Waals surface area (Å²) in [6.07, 6.45) is -0.481. The minimum absolute atomic E-state index is 0.0388. The molecule has 2 aromatic carbocycles. The van der Waals surface area contributed by atoms with Crippen molar-refractivity contribution in [2.45, 2.75) is 17.7 Å². The highest BCUT2D eigenvalue weighted by atomic mass is 32.2. The number of carbonyl (C=O) groups is 3. The van der Waals surface area contributed by atoms with Gasteiger partial charge in [-0.2, -0.15) is 0 Å². The predicted molar refractivity (Wildman–Crippen MR) is 97.6 cm³/mol. The van der Waals surface area contributed by atoms with Crippen LogP contribution in [0, 0.1) is 23.3 Å². The van der Waals surface area contributed by atoms with Gasteiger partial charge in [0.1, 0.15) is 5.69 Å². The highest BCUT2D eigenvalue weighted by Gasteiger charge is 2.20. The molecule has 0 atom stereocenters. The minimum Gasteiger partial charge on any atom is -0.481 e. The topological polar surface area (TPSA) is 95.5 Å². The number of rotatable bonds is 8. The zero-order chi connectivity index (χ0) is 21.6. The lowest BCUT2D eigenvalue weighted by atomic mass is 10.2. The first-order valence-corrected chi connectivity index (χ1v) is 9.03. The molecule has 29 heavy (non-hydrogen) atoms. The van der Waals surface area contributed by atoms with Crippen LogP contribution in [0.25, 0.3) is 0 Å². The molecule has 0 aliphatic carbocycles. The van der Waals surface area contributed by atoms with E-state index in [0.29, 0.717) is 10.6 Å². The molecule has 2 rings (SSSR count). The smallest absolute Gasteiger partial charge is 0.303 e. The fraction of sp³-hybridized carbons (Fsp3) is 0.167. The van der Waals surface area contributed by atoms with Gasteiger partial charge < -0.3 is 15.7 Å². The largest absolute Gasteiger partial charge is 0.481 e. The number of benzene rings is 2. The molecule has 2 amide bonds. The monoisotopic (exact) mass is 430 g/mol. The summed E-state index contributed by atoms with van der Waals surface area (Å²) in [7, 11) is 0. The van der Waals surface area contributed by atoms with Crippen molar-refractivity contribution in [3.05, 3.63) is 53.6 Å². The molecule has 0 spiro atoms. The van der Waals surface area contributed by atoms with Crippen molar-refractivity contribution in [3.63, 3.8) is 0 Å². The maximum atomic E-state index is 13.5. The number of aliphatic carboxylic acids is 1. The van der Waals surface area contributed by atoms with E-state index in [1.54, 1.807) is 17.4 Å². The summed E-state index contributed by atoms with van der Waals surface area (Å²) >= 11 is 0.975. The van der Waals surface area contributed by atoms with Crippen LogP contribution in [0.15, 0.2) is 35.2 Å². The molecule has 0 aliphatic heterocycles. The molecule has 2 aromatic rings. The SMILES string of the molecule is O=C(O)CCC(=O)Nc1ccc(SCC(=O)Nc2c(F)c(F)cc(F)c2F)cc1. The Morgan fingerprint density at radius 3 is 2.00 bits per heavy atom. The number of halogens is 4. The van der Waals surface area contributed by atoms with Gasteiger partial charge in [-0.3, -0.25) is 14.4 Å². The van der Waals surface area contributed by atoms with Crippen molar-refractivity contribution >= 4 is 40.9 Å². The summed E-state index contributed by atoms with van der Waals surface area (Å²) in [6, 6.07) is 6.17. The van der Waals surface area contributed by atoms with Crippen LogP contribution in [-0.2, 0) is 14.4 Å². The quantitative estimate of drug-likeness (QED) is 0.337. The van der Waals surface area contributed by atoms with E-state index in [-0.39, 0.29) is 24.7 Å². The molecule has 11 heteroatoms. The summed E-state index contributed by atoms with van der Waals surface area (Å²) < 4.78 is 53.4. The molecule has 0 aromatic heterocycles. The number of carbonyl (C=O) groups excluding carboxylic acids is 2. The first-order chi connectivity index (χ1) is 13.7. The number of anilines is 2. The molecule has 0 fully saturated rings. The second kappa shape index (κ2) is 9.92. The van der Waals surface area contributed by atoms with Crippen LogP contribution < -0.4 is 10.6 Å². The Hall–Kier alpha value is -3.08. The minimum atomic E-state index is -1.70. The molecule has 0 bridgehead atoms. The summed E-state index contributed by atoms with van der Waals surface area (Å²) in [5, 5.41) is 12.8. The average molecular weight is 430 g/mol. The van der Waals surface area contributed by atoms with E-state index in [2.05, 4.69) is 5.32 Å². The van der Waals surface area contributed by atoms with Gasteiger partial charge >= 0.3 is 5.97 Å². The first-order valence-electron chi connectivity index (χ1n) is 8.04. The van der Waals surface area contributed by atoms with E-state index in [1.807, 2.05) is 0 Å². The molecule has 154 valence electrons. The Morgan fingerprint density at radius 1 is 0.862 bits per heavy atom. The van der Waals surface area contributed by atoms with Gasteiger partial charge in [-0.25, -0.2) is 17.6 Å². The molecule has 0 aliphatic rings. The molecule has 6 nitrogen and oxygen atoms in total. The van der Waals surface area contributed by atoms with E-state index >= 15 is 0 Å². The van der Waals surface area contributed by atoms with E-state index in [4.69, 9.17) is 5.11 Å². The van der Waals surface area contributed by atoms with Crippen LogP contribution in [0.2, 0.25) is 0 Å². The van der Waals surface area contributed by atoms with Crippen molar-refractivity contribution in [2.24, 2.45) is 0 Å². The lowest BCUT2D eigenvalue weighted by molar-refractivity contribution is -0.138. The zero-order valence-corrected chi connectivity index (χ0v) is 15.4. The molecule has 0 saturated heterocycles.